The Labute approximate surface area is 126 Å². The lowest BCUT2D eigenvalue weighted by Gasteiger charge is -2.27. The second kappa shape index (κ2) is 7.82. The van der Waals surface area contributed by atoms with Crippen LogP contribution in [0.2, 0.25) is 0 Å². The van der Waals surface area contributed by atoms with Crippen molar-refractivity contribution in [2.24, 2.45) is 0 Å². The van der Waals surface area contributed by atoms with Gasteiger partial charge in [-0.05, 0) is 18.9 Å². The molecule has 0 aromatic heterocycles. The number of esters is 1. The lowest BCUT2D eigenvalue weighted by atomic mass is 10.1. The predicted octanol–water partition coefficient (Wildman–Crippen LogP) is 2.92. The molecule has 1 unspecified atom stereocenters. The van der Waals surface area contributed by atoms with Crippen LogP contribution in [-0.2, 0) is 20.9 Å². The van der Waals surface area contributed by atoms with E-state index in [0.717, 1.165) is 5.56 Å². The number of hydrogen-bond acceptors (Lipinski definition) is 3. The van der Waals surface area contributed by atoms with Gasteiger partial charge in [0, 0.05) is 12.6 Å². The summed E-state index contributed by atoms with van der Waals surface area (Å²) in [6, 6.07) is 8.59. The fourth-order valence-corrected chi connectivity index (χ4v) is 1.75. The Bertz CT molecular complexity index is 503. The molecule has 0 aliphatic carbocycles. The van der Waals surface area contributed by atoms with E-state index < -0.39 is 24.7 Å². The number of rotatable bonds is 5. The highest BCUT2D eigenvalue weighted by molar-refractivity contribution is 6.32. The fourth-order valence-electron chi connectivity index (χ4n) is 1.75. The third-order valence-electron chi connectivity index (χ3n) is 3.12. The molecule has 0 saturated carbocycles. The molecule has 4 nitrogen and oxygen atoms in total. The van der Waals surface area contributed by atoms with Gasteiger partial charge in [-0.1, -0.05) is 37.3 Å². The van der Waals surface area contributed by atoms with Gasteiger partial charge in [0.2, 0.25) is 0 Å². The average Bonchev–Trinajstić information content (AvgIpc) is 2.49. The minimum Gasteiger partial charge on any atom is -0.449 e. The summed E-state index contributed by atoms with van der Waals surface area (Å²) >= 11 is 0. The van der Waals surface area contributed by atoms with Crippen LogP contribution in [-0.4, -0.2) is 35.6 Å². The Morgan fingerprint density at radius 1 is 1.23 bits per heavy atom. The molecule has 0 saturated heterocycles. The highest BCUT2D eigenvalue weighted by atomic mass is 19.4. The van der Waals surface area contributed by atoms with E-state index in [1.165, 1.54) is 4.90 Å². The van der Waals surface area contributed by atoms with Crippen LogP contribution in [0.15, 0.2) is 30.3 Å². The van der Waals surface area contributed by atoms with Crippen LogP contribution in [0.1, 0.15) is 25.8 Å². The first kappa shape index (κ1) is 18.0. The fraction of sp³-hybridized carbons (Fsp3) is 0.467. The van der Waals surface area contributed by atoms with Gasteiger partial charge in [0.15, 0.2) is 6.61 Å². The molecule has 0 aliphatic rings. The van der Waals surface area contributed by atoms with Crippen molar-refractivity contribution in [3.63, 3.8) is 0 Å². The van der Waals surface area contributed by atoms with E-state index >= 15 is 0 Å². The van der Waals surface area contributed by atoms with E-state index in [0.29, 0.717) is 6.42 Å². The topological polar surface area (TPSA) is 46.6 Å². The van der Waals surface area contributed by atoms with Crippen LogP contribution < -0.4 is 0 Å². The minimum atomic E-state index is -4.66. The molecule has 0 spiro atoms. The van der Waals surface area contributed by atoms with Crippen molar-refractivity contribution in [3.05, 3.63) is 35.9 Å². The molecular formula is C15H18F3NO3. The van der Waals surface area contributed by atoms with Crippen molar-refractivity contribution in [1.29, 1.82) is 0 Å². The zero-order valence-electron chi connectivity index (χ0n) is 12.4. The summed E-state index contributed by atoms with van der Waals surface area (Å²) in [5.41, 5.74) is 0.778. The first-order valence-corrected chi connectivity index (χ1v) is 6.83. The van der Waals surface area contributed by atoms with Crippen molar-refractivity contribution in [2.75, 3.05) is 6.61 Å². The average molecular weight is 317 g/mol. The molecule has 122 valence electrons. The zero-order valence-corrected chi connectivity index (χ0v) is 12.4. The second-order valence-electron chi connectivity index (χ2n) is 4.87. The van der Waals surface area contributed by atoms with E-state index in [-0.39, 0.29) is 12.6 Å². The number of carbonyl (C=O) groups is 2. The lowest BCUT2D eigenvalue weighted by molar-refractivity contribution is -0.190. The molecule has 0 heterocycles. The number of amides is 1. The molecule has 0 N–H and O–H groups in total. The quantitative estimate of drug-likeness (QED) is 0.620. The maximum atomic E-state index is 12.0. The van der Waals surface area contributed by atoms with Gasteiger partial charge in [0.1, 0.15) is 0 Å². The van der Waals surface area contributed by atoms with Crippen molar-refractivity contribution >= 4 is 11.9 Å². The number of alkyl halides is 3. The SMILES string of the molecule is CCC(C)N(Cc1ccccc1)C(=O)C(=O)OCC(F)(F)F. The van der Waals surface area contributed by atoms with Crippen molar-refractivity contribution in [1.82, 2.24) is 4.90 Å². The minimum absolute atomic E-state index is 0.135. The van der Waals surface area contributed by atoms with E-state index in [9.17, 15) is 22.8 Å². The van der Waals surface area contributed by atoms with Gasteiger partial charge in [-0.2, -0.15) is 13.2 Å². The summed E-state index contributed by atoms with van der Waals surface area (Å²) in [6.07, 6.45) is -4.10. The highest BCUT2D eigenvalue weighted by Crippen LogP contribution is 2.16. The Morgan fingerprint density at radius 2 is 1.82 bits per heavy atom. The molecule has 1 atom stereocenters. The Balaban J connectivity index is 2.78. The van der Waals surface area contributed by atoms with Gasteiger partial charge in [-0.25, -0.2) is 4.79 Å². The number of benzene rings is 1. The maximum Gasteiger partial charge on any atom is 0.422 e. The number of ether oxygens (including phenoxy) is 1. The summed E-state index contributed by atoms with van der Waals surface area (Å²) in [5.74, 6) is -2.56. The van der Waals surface area contributed by atoms with Gasteiger partial charge in [-0.3, -0.25) is 4.79 Å². The zero-order chi connectivity index (χ0) is 16.8. The molecule has 1 rings (SSSR count). The molecule has 7 heteroatoms. The van der Waals surface area contributed by atoms with E-state index in [2.05, 4.69) is 4.74 Å². The van der Waals surface area contributed by atoms with Crippen LogP contribution >= 0.6 is 0 Å². The van der Waals surface area contributed by atoms with Gasteiger partial charge in [0.05, 0.1) is 0 Å². The highest BCUT2D eigenvalue weighted by Gasteiger charge is 2.33. The summed E-state index contributed by atoms with van der Waals surface area (Å²) < 4.78 is 40.2. The second-order valence-corrected chi connectivity index (χ2v) is 4.87. The van der Waals surface area contributed by atoms with E-state index in [4.69, 9.17) is 0 Å². The molecule has 1 amide bonds. The van der Waals surface area contributed by atoms with Gasteiger partial charge >= 0.3 is 18.1 Å². The molecular weight excluding hydrogens is 299 g/mol. The maximum absolute atomic E-state index is 12.0. The monoisotopic (exact) mass is 317 g/mol. The molecule has 0 radical (unpaired) electrons. The number of halogens is 3. The molecule has 1 aromatic carbocycles. The van der Waals surface area contributed by atoms with Crippen LogP contribution in [0.5, 0.6) is 0 Å². The smallest absolute Gasteiger partial charge is 0.422 e. The molecule has 22 heavy (non-hydrogen) atoms. The van der Waals surface area contributed by atoms with Crippen LogP contribution in [0.4, 0.5) is 13.2 Å². The Kier molecular flexibility index (Phi) is 6.39. The van der Waals surface area contributed by atoms with Crippen molar-refractivity contribution in [2.45, 2.75) is 39.0 Å². The van der Waals surface area contributed by atoms with Crippen LogP contribution in [0.3, 0.4) is 0 Å². The van der Waals surface area contributed by atoms with Gasteiger partial charge < -0.3 is 9.64 Å². The third-order valence-corrected chi connectivity index (χ3v) is 3.12. The summed E-state index contributed by atoms with van der Waals surface area (Å²) in [6.45, 7) is 1.90. The normalized spacial score (nSPS) is 12.6. The summed E-state index contributed by atoms with van der Waals surface area (Å²) in [7, 11) is 0. The van der Waals surface area contributed by atoms with Gasteiger partial charge in [-0.15, -0.1) is 0 Å². The number of nitrogens with zero attached hydrogens (tertiary/aromatic N) is 1. The summed E-state index contributed by atoms with van der Waals surface area (Å²) in [4.78, 5) is 24.8. The van der Waals surface area contributed by atoms with Crippen molar-refractivity contribution in [3.8, 4) is 0 Å². The first-order valence-electron chi connectivity index (χ1n) is 6.83. The third kappa shape index (κ3) is 5.75. The Hall–Kier alpha value is -2.05. The molecule has 0 aliphatic heterocycles. The number of carbonyl (C=O) groups excluding carboxylic acids is 2. The standard InChI is InChI=1S/C15H18F3NO3/c1-3-11(2)19(9-12-7-5-4-6-8-12)13(20)14(21)22-10-15(16,17)18/h4-8,11H,3,9-10H2,1-2H3. The lowest BCUT2D eigenvalue weighted by Crippen LogP contribution is -2.43. The van der Waals surface area contributed by atoms with E-state index in [1.54, 1.807) is 37.3 Å². The number of hydrogen-bond donors (Lipinski definition) is 0. The van der Waals surface area contributed by atoms with E-state index in [1.807, 2.05) is 6.92 Å². The van der Waals surface area contributed by atoms with Crippen LogP contribution in [0.25, 0.3) is 0 Å². The van der Waals surface area contributed by atoms with Crippen LogP contribution in [0, 0.1) is 0 Å². The van der Waals surface area contributed by atoms with Crippen molar-refractivity contribution < 1.29 is 27.5 Å². The largest absolute Gasteiger partial charge is 0.449 e. The molecule has 1 aromatic rings. The molecule has 0 bridgehead atoms. The first-order chi connectivity index (χ1) is 10.2. The Morgan fingerprint density at radius 3 is 2.32 bits per heavy atom. The predicted molar refractivity (Wildman–Crippen MR) is 73.8 cm³/mol. The van der Waals surface area contributed by atoms with Gasteiger partial charge in [0.25, 0.3) is 0 Å². The summed E-state index contributed by atoms with van der Waals surface area (Å²) in [5, 5.41) is 0. The molecule has 0 fully saturated rings.